The lowest BCUT2D eigenvalue weighted by Gasteiger charge is -1.81. The van der Waals surface area contributed by atoms with Crippen LogP contribution in [0.4, 0.5) is 0 Å². The summed E-state index contributed by atoms with van der Waals surface area (Å²) in [4.78, 5) is 0. The van der Waals surface area contributed by atoms with E-state index in [0.29, 0.717) is 10.9 Å². The second-order valence-electron chi connectivity index (χ2n) is 2.05. The minimum Gasteiger partial charge on any atom is -0.494 e. The van der Waals surface area contributed by atoms with Crippen molar-refractivity contribution in [2.24, 2.45) is 0 Å². The van der Waals surface area contributed by atoms with E-state index in [1.165, 1.54) is 10.7 Å². The molecule has 0 spiro atoms. The predicted octanol–water partition coefficient (Wildman–Crippen LogP) is -0.436. The first-order chi connectivity index (χ1) is 4.79. The van der Waals surface area contributed by atoms with Crippen molar-refractivity contribution in [3.05, 3.63) is 17.6 Å². The molecule has 2 heterocycles. The maximum atomic E-state index is 9.12. The number of fused-ring (bicyclic) bond motifs is 1. The Morgan fingerprint density at radius 1 is 1.60 bits per heavy atom. The fourth-order valence-corrected chi connectivity index (χ4v) is 0.912. The Labute approximate surface area is 56.4 Å². The monoisotopic (exact) mass is 135 g/mol. The van der Waals surface area contributed by atoms with Crippen LogP contribution in [0.1, 0.15) is 0 Å². The molecule has 0 bridgehead atoms. The van der Waals surface area contributed by atoms with E-state index in [-0.39, 0.29) is 5.88 Å². The Morgan fingerprint density at radius 2 is 2.40 bits per heavy atom. The maximum Gasteiger partial charge on any atom is 0.198 e. The van der Waals surface area contributed by atoms with Crippen LogP contribution in [0, 0.1) is 0 Å². The zero-order valence-electron chi connectivity index (χ0n) is 5.15. The van der Waals surface area contributed by atoms with E-state index >= 15 is 0 Å². The third kappa shape index (κ3) is 0.452. The van der Waals surface area contributed by atoms with Crippen LogP contribution < -0.4 is 5.22 Å². The van der Waals surface area contributed by atoms with Gasteiger partial charge >= 0.3 is 0 Å². The molecular weight excluding hydrogens is 130 g/mol. The van der Waals surface area contributed by atoms with Crippen LogP contribution in [0.15, 0.2) is 12.4 Å². The lowest BCUT2D eigenvalue weighted by atomic mass is 10.5. The number of aromatic hydroxyl groups is 1. The topological polar surface area (TPSA) is 50.4 Å². The van der Waals surface area contributed by atoms with Crippen molar-refractivity contribution in [3.63, 3.8) is 0 Å². The van der Waals surface area contributed by atoms with Gasteiger partial charge in [0.15, 0.2) is 11.5 Å². The normalized spacial score (nSPS) is 10.8. The van der Waals surface area contributed by atoms with Gasteiger partial charge in [-0.2, -0.15) is 0 Å². The van der Waals surface area contributed by atoms with Gasteiger partial charge in [0.1, 0.15) is 6.33 Å². The van der Waals surface area contributed by atoms with E-state index in [4.69, 9.17) is 5.11 Å². The Balaban J connectivity index is 3.12. The van der Waals surface area contributed by atoms with Crippen LogP contribution in [0.2, 0.25) is 0 Å². The van der Waals surface area contributed by atoms with Gasteiger partial charge in [-0.05, 0) is 0 Å². The maximum absolute atomic E-state index is 9.12. The molecule has 0 fully saturated rings. The summed E-state index contributed by atoms with van der Waals surface area (Å²) in [5.74, 6) is 0.130. The van der Waals surface area contributed by atoms with Crippen molar-refractivity contribution in [1.82, 2.24) is 14.6 Å². The quantitative estimate of drug-likeness (QED) is 0.533. The van der Waals surface area contributed by atoms with Crippen LogP contribution in [0.5, 0.6) is 5.88 Å². The molecule has 0 unspecified atom stereocenters. The third-order valence-corrected chi connectivity index (χ3v) is 1.39. The van der Waals surface area contributed by atoms with Crippen LogP contribution in [-0.2, 0) is 0 Å². The van der Waals surface area contributed by atoms with E-state index in [2.05, 4.69) is 16.8 Å². The summed E-state index contributed by atoms with van der Waals surface area (Å²) in [7, 11) is 0. The molecule has 0 saturated heterocycles. The molecule has 0 saturated carbocycles. The van der Waals surface area contributed by atoms with E-state index in [0.717, 1.165) is 0 Å². The van der Waals surface area contributed by atoms with Crippen LogP contribution >= 0.6 is 0 Å². The molecule has 0 aliphatic carbocycles. The van der Waals surface area contributed by atoms with E-state index in [9.17, 15) is 0 Å². The Kier molecular flexibility index (Phi) is 0.768. The molecule has 0 atom stereocenters. The third-order valence-electron chi connectivity index (χ3n) is 1.39. The van der Waals surface area contributed by atoms with Crippen LogP contribution in [0.25, 0.3) is 12.2 Å². The Hall–Kier alpha value is -1.58. The molecule has 1 N–H and O–H groups in total. The summed E-state index contributed by atoms with van der Waals surface area (Å²) in [6, 6.07) is 1.55. The molecule has 2 rings (SSSR count). The zero-order valence-corrected chi connectivity index (χ0v) is 5.15. The molecule has 0 amide bonds. The highest BCUT2D eigenvalue weighted by Crippen LogP contribution is 2.06. The predicted molar refractivity (Wildman–Crippen MR) is 35.4 cm³/mol. The largest absolute Gasteiger partial charge is 0.494 e. The summed E-state index contributed by atoms with van der Waals surface area (Å²) in [6.45, 7) is 3.66. The molecule has 4 nitrogen and oxygen atoms in total. The van der Waals surface area contributed by atoms with Gasteiger partial charge in [-0.25, -0.2) is 0 Å². The lowest BCUT2D eigenvalue weighted by molar-refractivity contribution is 0.449. The standard InChI is InChI=1S/C6H5N3O/c1-4-2-5(10)9-3-7-8-6(4)9/h2-3,10H,1H2. The number of nitrogens with zero attached hydrogens (tertiary/aromatic N) is 3. The van der Waals surface area contributed by atoms with Gasteiger partial charge in [0.2, 0.25) is 0 Å². The summed E-state index contributed by atoms with van der Waals surface area (Å²) in [5, 5.41) is 17.1. The smallest absolute Gasteiger partial charge is 0.198 e. The Bertz CT molecular complexity index is 406. The summed E-state index contributed by atoms with van der Waals surface area (Å²) >= 11 is 0. The van der Waals surface area contributed by atoms with Gasteiger partial charge in [-0.3, -0.25) is 4.40 Å². The van der Waals surface area contributed by atoms with Crippen molar-refractivity contribution in [2.45, 2.75) is 0 Å². The highest BCUT2D eigenvalue weighted by molar-refractivity contribution is 5.45. The first kappa shape index (κ1) is 5.22. The molecule has 0 aliphatic heterocycles. The minimum absolute atomic E-state index is 0.130. The zero-order chi connectivity index (χ0) is 7.14. The van der Waals surface area contributed by atoms with E-state index < -0.39 is 0 Å². The molecule has 10 heavy (non-hydrogen) atoms. The van der Waals surface area contributed by atoms with Gasteiger partial charge in [-0.1, -0.05) is 6.58 Å². The van der Waals surface area contributed by atoms with Gasteiger partial charge < -0.3 is 5.11 Å². The average Bonchev–Trinajstić information content (AvgIpc) is 2.39. The lowest BCUT2D eigenvalue weighted by Crippen LogP contribution is -1.92. The molecule has 50 valence electrons. The fraction of sp³-hybridized carbons (Fsp3) is 0. The molecule has 2 aromatic heterocycles. The Morgan fingerprint density at radius 3 is 3.10 bits per heavy atom. The van der Waals surface area contributed by atoms with Crippen LogP contribution in [-0.4, -0.2) is 19.7 Å². The first-order valence-electron chi connectivity index (χ1n) is 2.79. The first-order valence-corrected chi connectivity index (χ1v) is 2.79. The van der Waals surface area contributed by atoms with Crippen molar-refractivity contribution in [1.29, 1.82) is 0 Å². The summed E-state index contributed by atoms with van der Waals surface area (Å²) < 4.78 is 1.47. The van der Waals surface area contributed by atoms with E-state index in [1.54, 1.807) is 6.07 Å². The van der Waals surface area contributed by atoms with Crippen molar-refractivity contribution in [3.8, 4) is 5.88 Å². The number of hydrogen-bond acceptors (Lipinski definition) is 3. The SMILES string of the molecule is C=c1cc(O)n2cnnc12. The molecule has 0 aliphatic rings. The van der Waals surface area contributed by atoms with Gasteiger partial charge in [0.25, 0.3) is 0 Å². The van der Waals surface area contributed by atoms with E-state index in [1.807, 2.05) is 0 Å². The second-order valence-corrected chi connectivity index (χ2v) is 2.05. The van der Waals surface area contributed by atoms with Gasteiger partial charge in [0, 0.05) is 11.3 Å². The number of hydrogen-bond donors (Lipinski definition) is 1. The highest BCUT2D eigenvalue weighted by atomic mass is 16.3. The average molecular weight is 135 g/mol. The fourth-order valence-electron chi connectivity index (χ4n) is 0.912. The molecule has 2 aromatic rings. The minimum atomic E-state index is 0.130. The molecular formula is C6H5N3O. The molecule has 0 aromatic carbocycles. The number of aromatic nitrogens is 3. The second kappa shape index (κ2) is 1.47. The summed E-state index contributed by atoms with van der Waals surface area (Å²) in [5.41, 5.74) is 0.609. The molecule has 4 heteroatoms. The van der Waals surface area contributed by atoms with Gasteiger partial charge in [0.05, 0.1) is 0 Å². The summed E-state index contributed by atoms with van der Waals surface area (Å²) in [6.07, 6.45) is 1.44. The van der Waals surface area contributed by atoms with Gasteiger partial charge in [-0.15, -0.1) is 10.2 Å². The van der Waals surface area contributed by atoms with Crippen LogP contribution in [0.3, 0.4) is 0 Å². The number of rotatable bonds is 0. The van der Waals surface area contributed by atoms with Crippen molar-refractivity contribution < 1.29 is 5.11 Å². The van der Waals surface area contributed by atoms with Crippen molar-refractivity contribution in [2.75, 3.05) is 0 Å². The molecule has 0 radical (unpaired) electrons. The van der Waals surface area contributed by atoms with Crippen molar-refractivity contribution >= 4 is 12.2 Å². The highest BCUT2D eigenvalue weighted by Gasteiger charge is 2.01.